The van der Waals surface area contributed by atoms with E-state index < -0.39 is 35.8 Å². The first-order valence-corrected chi connectivity index (χ1v) is 11.6. The topological polar surface area (TPSA) is 123 Å². The Morgan fingerprint density at radius 3 is 2.00 bits per heavy atom. The lowest BCUT2D eigenvalue weighted by atomic mass is 9.99. The molecule has 0 bridgehead atoms. The lowest BCUT2D eigenvalue weighted by Gasteiger charge is -2.23. The third-order valence-electron chi connectivity index (χ3n) is 4.98. The molecule has 35 heavy (non-hydrogen) atoms. The van der Waals surface area contributed by atoms with Gasteiger partial charge >= 0.3 is 12.0 Å². The number of amides is 3. The standard InChI is InChI=1S/C26H33N3O6/c1-4-35-29-25(32)23(30)21(16-19-11-7-5-8-12-19)27-24(31)22(15-18(2)3)28-26(33)34-17-20-13-9-6-10-14-20/h5-14,18,21-22H,4,15-17H2,1-3H3,(H,27,31)(H,28,33)(H,29,32)/t21-,22-/m0/s1. The summed E-state index contributed by atoms with van der Waals surface area (Å²) in [7, 11) is 0. The van der Waals surface area contributed by atoms with Crippen LogP contribution in [0.2, 0.25) is 0 Å². The van der Waals surface area contributed by atoms with Gasteiger partial charge < -0.3 is 15.4 Å². The molecule has 0 radical (unpaired) electrons. The number of Topliss-reactive ketones (excluding diaryl/α,β-unsaturated/α-hetero) is 1. The highest BCUT2D eigenvalue weighted by molar-refractivity contribution is 6.38. The molecule has 2 atom stereocenters. The molecule has 0 saturated heterocycles. The van der Waals surface area contributed by atoms with Gasteiger partial charge in [0.25, 0.3) is 0 Å². The Hall–Kier alpha value is -3.72. The van der Waals surface area contributed by atoms with Crippen LogP contribution in [-0.4, -0.2) is 42.4 Å². The summed E-state index contributed by atoms with van der Waals surface area (Å²) in [5.74, 6) is -2.35. The van der Waals surface area contributed by atoms with Crippen LogP contribution >= 0.6 is 0 Å². The summed E-state index contributed by atoms with van der Waals surface area (Å²) < 4.78 is 5.24. The number of rotatable bonds is 13. The van der Waals surface area contributed by atoms with E-state index in [1.807, 2.05) is 50.2 Å². The minimum atomic E-state index is -1.15. The van der Waals surface area contributed by atoms with Crippen molar-refractivity contribution in [3.63, 3.8) is 0 Å². The maximum atomic E-state index is 13.1. The Kier molecular flexibility index (Phi) is 11.4. The Morgan fingerprint density at radius 2 is 1.43 bits per heavy atom. The molecule has 0 aliphatic heterocycles. The maximum Gasteiger partial charge on any atom is 0.408 e. The average Bonchev–Trinajstić information content (AvgIpc) is 2.85. The summed E-state index contributed by atoms with van der Waals surface area (Å²) in [6.45, 7) is 5.70. The van der Waals surface area contributed by atoms with Gasteiger partial charge in [-0.15, -0.1) is 0 Å². The first kappa shape index (κ1) is 27.5. The van der Waals surface area contributed by atoms with Crippen molar-refractivity contribution in [2.75, 3.05) is 6.61 Å². The van der Waals surface area contributed by atoms with Gasteiger partial charge in [-0.05, 0) is 30.4 Å². The molecule has 9 nitrogen and oxygen atoms in total. The molecule has 0 heterocycles. The van der Waals surface area contributed by atoms with Crippen molar-refractivity contribution in [1.29, 1.82) is 0 Å². The lowest BCUT2D eigenvalue weighted by molar-refractivity contribution is -0.147. The summed E-state index contributed by atoms with van der Waals surface area (Å²) in [6.07, 6.45) is -0.351. The highest BCUT2D eigenvalue weighted by Gasteiger charge is 2.31. The number of carbonyl (C=O) groups excluding carboxylic acids is 4. The Labute approximate surface area is 205 Å². The minimum Gasteiger partial charge on any atom is -0.445 e. The van der Waals surface area contributed by atoms with Gasteiger partial charge in [-0.1, -0.05) is 74.5 Å². The van der Waals surface area contributed by atoms with E-state index in [1.54, 1.807) is 31.2 Å². The molecular formula is C26H33N3O6. The van der Waals surface area contributed by atoms with Crippen LogP contribution in [0.15, 0.2) is 60.7 Å². The molecule has 2 rings (SSSR count). The van der Waals surface area contributed by atoms with E-state index in [2.05, 4.69) is 16.1 Å². The van der Waals surface area contributed by atoms with Crippen molar-refractivity contribution in [2.45, 2.75) is 52.3 Å². The molecule has 0 unspecified atom stereocenters. The lowest BCUT2D eigenvalue weighted by Crippen LogP contribution is -2.54. The molecular weight excluding hydrogens is 450 g/mol. The number of carbonyl (C=O) groups is 4. The fraction of sp³-hybridized carbons (Fsp3) is 0.385. The summed E-state index contributed by atoms with van der Waals surface area (Å²) in [5, 5.41) is 5.21. The van der Waals surface area contributed by atoms with Crippen LogP contribution in [0, 0.1) is 5.92 Å². The van der Waals surface area contributed by atoms with Gasteiger partial charge in [-0.2, -0.15) is 0 Å². The first-order valence-electron chi connectivity index (χ1n) is 11.6. The van der Waals surface area contributed by atoms with Gasteiger partial charge in [-0.25, -0.2) is 10.3 Å². The number of benzene rings is 2. The van der Waals surface area contributed by atoms with Crippen LogP contribution in [0.4, 0.5) is 4.79 Å². The summed E-state index contributed by atoms with van der Waals surface area (Å²) >= 11 is 0. The molecule has 188 valence electrons. The quantitative estimate of drug-likeness (QED) is 0.297. The molecule has 0 spiro atoms. The Balaban J connectivity index is 2.10. The van der Waals surface area contributed by atoms with Crippen molar-refractivity contribution >= 4 is 23.7 Å². The Morgan fingerprint density at radius 1 is 0.829 bits per heavy atom. The third-order valence-corrected chi connectivity index (χ3v) is 4.98. The second kappa shape index (κ2) is 14.5. The Bertz CT molecular complexity index is 966. The SMILES string of the molecule is CCONC(=O)C(=O)[C@H](Cc1ccccc1)NC(=O)[C@H](CC(C)C)NC(=O)OCc1ccccc1. The van der Waals surface area contributed by atoms with Crippen LogP contribution in [0.5, 0.6) is 0 Å². The first-order chi connectivity index (χ1) is 16.8. The second-order valence-electron chi connectivity index (χ2n) is 8.37. The van der Waals surface area contributed by atoms with E-state index in [1.165, 1.54) is 0 Å². The number of hydrogen-bond donors (Lipinski definition) is 3. The van der Waals surface area contributed by atoms with E-state index >= 15 is 0 Å². The van der Waals surface area contributed by atoms with E-state index in [4.69, 9.17) is 9.57 Å². The number of nitrogens with one attached hydrogen (secondary N) is 3. The normalized spacial score (nSPS) is 12.3. The van der Waals surface area contributed by atoms with Crippen molar-refractivity contribution in [3.05, 3.63) is 71.8 Å². The van der Waals surface area contributed by atoms with Crippen LogP contribution in [0.1, 0.15) is 38.3 Å². The molecule has 2 aromatic carbocycles. The zero-order valence-electron chi connectivity index (χ0n) is 20.3. The molecule has 0 aromatic heterocycles. The average molecular weight is 484 g/mol. The van der Waals surface area contributed by atoms with E-state index in [9.17, 15) is 19.2 Å². The molecule has 2 aromatic rings. The number of hydroxylamine groups is 1. The highest BCUT2D eigenvalue weighted by Crippen LogP contribution is 2.09. The molecule has 0 fully saturated rings. The number of hydrogen-bond acceptors (Lipinski definition) is 6. The van der Waals surface area contributed by atoms with Gasteiger partial charge in [0.2, 0.25) is 11.7 Å². The van der Waals surface area contributed by atoms with Crippen molar-refractivity contribution < 1.29 is 28.8 Å². The van der Waals surface area contributed by atoms with Crippen LogP contribution in [0.3, 0.4) is 0 Å². The number of ether oxygens (including phenoxy) is 1. The predicted molar refractivity (Wildman–Crippen MR) is 130 cm³/mol. The van der Waals surface area contributed by atoms with Gasteiger partial charge in [0, 0.05) is 6.42 Å². The van der Waals surface area contributed by atoms with Gasteiger partial charge in [-0.3, -0.25) is 19.2 Å². The summed E-state index contributed by atoms with van der Waals surface area (Å²) in [4.78, 5) is 55.4. The molecule has 0 aliphatic carbocycles. The van der Waals surface area contributed by atoms with Crippen LogP contribution in [0.25, 0.3) is 0 Å². The van der Waals surface area contributed by atoms with Crippen molar-refractivity contribution in [3.8, 4) is 0 Å². The maximum absolute atomic E-state index is 13.1. The largest absolute Gasteiger partial charge is 0.445 e. The summed E-state index contributed by atoms with van der Waals surface area (Å²) in [5.41, 5.74) is 3.63. The molecule has 3 amide bonds. The van der Waals surface area contributed by atoms with Gasteiger partial charge in [0.05, 0.1) is 6.61 Å². The van der Waals surface area contributed by atoms with Gasteiger partial charge in [0.1, 0.15) is 18.7 Å². The third kappa shape index (κ3) is 9.97. The van der Waals surface area contributed by atoms with E-state index in [0.717, 1.165) is 11.1 Å². The van der Waals surface area contributed by atoms with Crippen molar-refractivity contribution in [2.24, 2.45) is 5.92 Å². The molecule has 3 N–H and O–H groups in total. The zero-order chi connectivity index (χ0) is 25.6. The fourth-order valence-electron chi connectivity index (χ4n) is 3.29. The van der Waals surface area contributed by atoms with Crippen molar-refractivity contribution in [1.82, 2.24) is 16.1 Å². The number of ketones is 1. The fourth-order valence-corrected chi connectivity index (χ4v) is 3.29. The van der Waals surface area contributed by atoms with Crippen LogP contribution in [-0.2, 0) is 37.0 Å². The predicted octanol–water partition coefficient (Wildman–Crippen LogP) is 2.69. The molecule has 9 heteroatoms. The summed E-state index contributed by atoms with van der Waals surface area (Å²) in [6, 6.07) is 16.0. The molecule has 0 aliphatic rings. The second-order valence-corrected chi connectivity index (χ2v) is 8.37. The highest BCUT2D eigenvalue weighted by atomic mass is 16.6. The van der Waals surface area contributed by atoms with Crippen LogP contribution < -0.4 is 16.1 Å². The van der Waals surface area contributed by atoms with Gasteiger partial charge in [0.15, 0.2) is 0 Å². The van der Waals surface area contributed by atoms with E-state index in [0.29, 0.717) is 6.42 Å². The monoisotopic (exact) mass is 483 g/mol. The minimum absolute atomic E-state index is 0.0510. The zero-order valence-corrected chi connectivity index (χ0v) is 20.3. The van der Waals surface area contributed by atoms with E-state index in [-0.39, 0.29) is 25.6 Å². The molecule has 0 saturated carbocycles. The smallest absolute Gasteiger partial charge is 0.408 e. The number of alkyl carbamates (subject to hydrolysis) is 1.